The van der Waals surface area contributed by atoms with Crippen LogP contribution in [0.25, 0.3) is 0 Å². The molecule has 0 fully saturated rings. The molecule has 0 bridgehead atoms. The molecule has 0 saturated heterocycles. The predicted molar refractivity (Wildman–Crippen MR) is 98.7 cm³/mol. The van der Waals surface area contributed by atoms with E-state index in [0.717, 1.165) is 5.75 Å². The summed E-state index contributed by atoms with van der Waals surface area (Å²) < 4.78 is 24.2. The summed E-state index contributed by atoms with van der Waals surface area (Å²) in [5, 5.41) is 2.83. The maximum Gasteiger partial charge on any atom is 0.223 e. The zero-order valence-corrected chi connectivity index (χ0v) is 15.0. The van der Waals surface area contributed by atoms with Gasteiger partial charge in [0.05, 0.1) is 20.1 Å². The van der Waals surface area contributed by atoms with Gasteiger partial charge in [-0.1, -0.05) is 30.3 Å². The molecule has 0 aliphatic carbocycles. The van der Waals surface area contributed by atoms with Crippen molar-refractivity contribution in [2.75, 3.05) is 26.0 Å². The number of ether oxygens (including phenoxy) is 2. The lowest BCUT2D eigenvalue weighted by molar-refractivity contribution is -0.121. The minimum atomic E-state index is -0.187. The minimum absolute atomic E-state index is 0.0682. The van der Waals surface area contributed by atoms with Crippen LogP contribution in [-0.4, -0.2) is 31.9 Å². The summed E-state index contributed by atoms with van der Waals surface area (Å²) in [5.41, 5.74) is 0.684. The van der Waals surface area contributed by atoms with E-state index in [1.54, 1.807) is 37.1 Å². The van der Waals surface area contributed by atoms with Crippen LogP contribution in [0, 0.1) is 5.82 Å². The van der Waals surface area contributed by atoms with Gasteiger partial charge in [-0.3, -0.25) is 4.79 Å². The summed E-state index contributed by atoms with van der Waals surface area (Å²) >= 11 is 1.59. The van der Waals surface area contributed by atoms with Crippen LogP contribution in [0.5, 0.6) is 11.5 Å². The summed E-state index contributed by atoms with van der Waals surface area (Å²) in [6.45, 7) is 0.835. The Balaban J connectivity index is 1.57. The van der Waals surface area contributed by atoms with E-state index in [2.05, 4.69) is 5.32 Å². The van der Waals surface area contributed by atoms with Crippen molar-refractivity contribution in [3.63, 3.8) is 0 Å². The van der Waals surface area contributed by atoms with Crippen LogP contribution in [0.15, 0.2) is 48.5 Å². The predicted octanol–water partition coefficient (Wildman–Crippen LogP) is 3.65. The Hall–Kier alpha value is -2.21. The Morgan fingerprint density at radius 3 is 2.60 bits per heavy atom. The number of nitrogens with one attached hydrogen (secondary N) is 1. The van der Waals surface area contributed by atoms with Crippen molar-refractivity contribution >= 4 is 17.7 Å². The van der Waals surface area contributed by atoms with Crippen LogP contribution in [0.1, 0.15) is 12.0 Å². The summed E-state index contributed by atoms with van der Waals surface area (Å²) in [6, 6.07) is 14.1. The van der Waals surface area contributed by atoms with Gasteiger partial charge in [0.25, 0.3) is 0 Å². The smallest absolute Gasteiger partial charge is 0.223 e. The maximum absolute atomic E-state index is 13.5. The second kappa shape index (κ2) is 10.6. The van der Waals surface area contributed by atoms with Crippen molar-refractivity contribution in [3.8, 4) is 11.5 Å². The third-order valence-electron chi connectivity index (χ3n) is 3.44. The van der Waals surface area contributed by atoms with Crippen molar-refractivity contribution in [1.29, 1.82) is 0 Å². The lowest BCUT2D eigenvalue weighted by Gasteiger charge is -2.10. The van der Waals surface area contributed by atoms with Crippen molar-refractivity contribution < 1.29 is 18.7 Å². The fraction of sp³-hybridized carbons (Fsp3) is 0.316. The van der Waals surface area contributed by atoms with E-state index < -0.39 is 0 Å². The first-order valence-electron chi connectivity index (χ1n) is 8.04. The third kappa shape index (κ3) is 6.66. The highest BCUT2D eigenvalue weighted by molar-refractivity contribution is 7.98. The largest absolute Gasteiger partial charge is 0.493 e. The summed E-state index contributed by atoms with van der Waals surface area (Å²) in [5.74, 6) is 2.34. The molecule has 4 nitrogen and oxygen atoms in total. The molecule has 2 aromatic carbocycles. The van der Waals surface area contributed by atoms with Crippen LogP contribution in [0.3, 0.4) is 0 Å². The molecule has 2 rings (SSSR count). The molecular formula is C19H22FNO3S. The molecule has 2 aromatic rings. The van der Waals surface area contributed by atoms with Gasteiger partial charge in [0.15, 0.2) is 11.5 Å². The number of amides is 1. The number of halogens is 1. The quantitative estimate of drug-likeness (QED) is 0.655. The standard InChI is InChI=1S/C19H22FNO3S/c1-23-17-8-4-5-9-18(17)24-12-10-19(22)21-11-13-25-14-15-6-2-3-7-16(15)20/h2-9H,10-14H2,1H3,(H,21,22). The first-order chi connectivity index (χ1) is 12.2. The second-order valence-corrected chi connectivity index (χ2v) is 6.35. The molecule has 0 spiro atoms. The van der Waals surface area contributed by atoms with Crippen LogP contribution < -0.4 is 14.8 Å². The molecule has 1 N–H and O–H groups in total. The zero-order valence-electron chi connectivity index (χ0n) is 14.2. The Bertz CT molecular complexity index is 681. The van der Waals surface area contributed by atoms with E-state index in [4.69, 9.17) is 9.47 Å². The maximum atomic E-state index is 13.5. The number of thioether (sulfide) groups is 1. The molecule has 1 amide bonds. The van der Waals surface area contributed by atoms with Gasteiger partial charge in [-0.25, -0.2) is 4.39 Å². The molecular weight excluding hydrogens is 341 g/mol. The summed E-state index contributed by atoms with van der Waals surface area (Å²) in [6.07, 6.45) is 0.274. The van der Waals surface area contributed by atoms with E-state index in [1.165, 1.54) is 6.07 Å². The average Bonchev–Trinajstić information content (AvgIpc) is 2.63. The number of rotatable bonds is 10. The fourth-order valence-corrected chi connectivity index (χ4v) is 2.99. The number of hydrogen-bond donors (Lipinski definition) is 1. The first-order valence-corrected chi connectivity index (χ1v) is 9.20. The monoisotopic (exact) mass is 363 g/mol. The first kappa shape index (κ1) is 19.1. The highest BCUT2D eigenvalue weighted by Gasteiger charge is 2.05. The number of methoxy groups -OCH3 is 1. The normalized spacial score (nSPS) is 10.3. The molecule has 25 heavy (non-hydrogen) atoms. The minimum Gasteiger partial charge on any atom is -0.493 e. The van der Waals surface area contributed by atoms with Crippen LogP contribution >= 0.6 is 11.8 Å². The molecule has 0 unspecified atom stereocenters. The van der Waals surface area contributed by atoms with E-state index in [0.29, 0.717) is 29.4 Å². The lowest BCUT2D eigenvalue weighted by Crippen LogP contribution is -2.27. The molecule has 0 radical (unpaired) electrons. The van der Waals surface area contributed by atoms with Crippen molar-refractivity contribution in [3.05, 3.63) is 59.9 Å². The average molecular weight is 363 g/mol. The van der Waals surface area contributed by atoms with E-state index in [-0.39, 0.29) is 24.8 Å². The Morgan fingerprint density at radius 1 is 1.12 bits per heavy atom. The van der Waals surface area contributed by atoms with Gasteiger partial charge >= 0.3 is 0 Å². The number of para-hydroxylation sites is 2. The van der Waals surface area contributed by atoms with Gasteiger partial charge in [0, 0.05) is 18.1 Å². The number of carbonyl (C=O) groups is 1. The van der Waals surface area contributed by atoms with Crippen molar-refractivity contribution in [2.24, 2.45) is 0 Å². The van der Waals surface area contributed by atoms with Crippen LogP contribution in [0.2, 0.25) is 0 Å². The van der Waals surface area contributed by atoms with Crippen molar-refractivity contribution in [2.45, 2.75) is 12.2 Å². The molecule has 134 valence electrons. The van der Waals surface area contributed by atoms with Crippen LogP contribution in [0.4, 0.5) is 4.39 Å². The third-order valence-corrected chi connectivity index (χ3v) is 4.45. The number of hydrogen-bond acceptors (Lipinski definition) is 4. The van der Waals surface area contributed by atoms with Gasteiger partial charge in [0.2, 0.25) is 5.91 Å². The van der Waals surface area contributed by atoms with E-state index in [9.17, 15) is 9.18 Å². The van der Waals surface area contributed by atoms with E-state index in [1.807, 2.05) is 24.3 Å². The summed E-state index contributed by atoms with van der Waals surface area (Å²) in [7, 11) is 1.58. The van der Waals surface area contributed by atoms with E-state index >= 15 is 0 Å². The Morgan fingerprint density at radius 2 is 1.84 bits per heavy atom. The second-order valence-electron chi connectivity index (χ2n) is 5.24. The topological polar surface area (TPSA) is 47.6 Å². The molecule has 0 heterocycles. The highest BCUT2D eigenvalue weighted by Crippen LogP contribution is 2.25. The van der Waals surface area contributed by atoms with Gasteiger partial charge in [-0.15, -0.1) is 0 Å². The molecule has 6 heteroatoms. The molecule has 0 aromatic heterocycles. The van der Waals surface area contributed by atoms with Gasteiger partial charge < -0.3 is 14.8 Å². The number of carbonyl (C=O) groups excluding carboxylic acids is 1. The molecule has 0 atom stereocenters. The van der Waals surface area contributed by atoms with Crippen molar-refractivity contribution in [1.82, 2.24) is 5.32 Å². The summed E-state index contributed by atoms with van der Waals surface area (Å²) in [4.78, 5) is 11.8. The highest BCUT2D eigenvalue weighted by atomic mass is 32.2. The molecule has 0 aliphatic rings. The zero-order chi connectivity index (χ0) is 17.9. The molecule has 0 aliphatic heterocycles. The molecule has 0 saturated carbocycles. The van der Waals surface area contributed by atoms with Gasteiger partial charge in [-0.05, 0) is 23.8 Å². The van der Waals surface area contributed by atoms with Crippen LogP contribution in [-0.2, 0) is 10.5 Å². The fourth-order valence-electron chi connectivity index (χ4n) is 2.14. The Kier molecular flexibility index (Phi) is 8.12. The lowest BCUT2D eigenvalue weighted by atomic mass is 10.2. The number of benzene rings is 2. The van der Waals surface area contributed by atoms with Gasteiger partial charge in [-0.2, -0.15) is 11.8 Å². The Labute approximate surface area is 151 Å². The SMILES string of the molecule is COc1ccccc1OCCC(=O)NCCSCc1ccccc1F. The van der Waals surface area contributed by atoms with Gasteiger partial charge in [0.1, 0.15) is 5.82 Å².